The lowest BCUT2D eigenvalue weighted by atomic mass is 9.80. The maximum atomic E-state index is 12.8. The molecule has 0 spiro atoms. The third-order valence-corrected chi connectivity index (χ3v) is 6.32. The molecule has 3 N–H and O–H groups in total. The van der Waals surface area contributed by atoms with Gasteiger partial charge in [-0.1, -0.05) is 24.6 Å². The summed E-state index contributed by atoms with van der Waals surface area (Å²) in [7, 11) is 1.80. The number of aromatic nitrogens is 1. The monoisotopic (exact) mass is 447 g/mol. The van der Waals surface area contributed by atoms with Crippen molar-refractivity contribution in [1.82, 2.24) is 15.6 Å². The fraction of sp³-hybridized carbons (Fsp3) is 0.346. The maximum Gasteiger partial charge on any atom is 0.308 e. The lowest BCUT2D eigenvalue weighted by molar-refractivity contribution is -0.144. The first-order chi connectivity index (χ1) is 16.0. The number of ether oxygens (including phenoxy) is 1. The molecule has 33 heavy (non-hydrogen) atoms. The van der Waals surface area contributed by atoms with Gasteiger partial charge in [0.05, 0.1) is 17.5 Å². The Morgan fingerprint density at radius 3 is 2.61 bits per heavy atom. The first kappa shape index (κ1) is 22.7. The lowest BCUT2D eigenvalue weighted by Gasteiger charge is -2.36. The number of amides is 1. The molecule has 4 rings (SSSR count). The third kappa shape index (κ3) is 5.14. The van der Waals surface area contributed by atoms with E-state index in [-0.39, 0.29) is 11.9 Å². The summed E-state index contributed by atoms with van der Waals surface area (Å²) < 4.78 is 5.98. The van der Waals surface area contributed by atoms with E-state index in [1.54, 1.807) is 31.3 Å². The van der Waals surface area contributed by atoms with Crippen LogP contribution in [0.25, 0.3) is 10.9 Å². The summed E-state index contributed by atoms with van der Waals surface area (Å²) in [6.07, 6.45) is 2.22. The Morgan fingerprint density at radius 1 is 1.12 bits per heavy atom. The number of hydrogen-bond acceptors (Lipinski definition) is 5. The van der Waals surface area contributed by atoms with Gasteiger partial charge >= 0.3 is 5.97 Å². The second-order valence-corrected chi connectivity index (χ2v) is 8.52. The first-order valence-corrected chi connectivity index (χ1v) is 11.3. The number of nitrogens with zero attached hydrogens (tertiary/aromatic N) is 1. The zero-order valence-electron chi connectivity index (χ0n) is 18.9. The molecular weight excluding hydrogens is 418 g/mol. The summed E-state index contributed by atoms with van der Waals surface area (Å²) >= 11 is 0. The fourth-order valence-corrected chi connectivity index (χ4v) is 4.61. The van der Waals surface area contributed by atoms with Crippen molar-refractivity contribution in [1.29, 1.82) is 0 Å². The molecule has 0 saturated heterocycles. The second-order valence-electron chi connectivity index (χ2n) is 8.52. The van der Waals surface area contributed by atoms with E-state index in [2.05, 4.69) is 15.6 Å². The number of carboxylic acids is 1. The number of benzene rings is 2. The lowest BCUT2D eigenvalue weighted by Crippen LogP contribution is -2.56. The standard InChI is InChI=1S/C26H29N3O4/c1-16-14-18(20-6-3-4-8-22(20)28-16)15-33-19-12-10-17(11-13-19)25(30)29-24-21(26(31)32)7-5-9-23(24)27-2/h3-4,6,8,10-14,21,23-24,27H,5,7,9,15H2,1-2H3,(H,29,30)(H,31,32). The van der Waals surface area contributed by atoms with Crippen LogP contribution in [-0.2, 0) is 11.4 Å². The highest BCUT2D eigenvalue weighted by Crippen LogP contribution is 2.26. The summed E-state index contributed by atoms with van der Waals surface area (Å²) in [6.45, 7) is 2.35. The molecule has 1 aromatic heterocycles. The Kier molecular flexibility index (Phi) is 6.89. The van der Waals surface area contributed by atoms with Crippen molar-refractivity contribution >= 4 is 22.8 Å². The van der Waals surface area contributed by atoms with E-state index in [1.165, 1.54) is 0 Å². The van der Waals surface area contributed by atoms with Gasteiger partial charge in [-0.05, 0) is 63.2 Å². The van der Waals surface area contributed by atoms with E-state index in [0.717, 1.165) is 35.0 Å². The molecule has 1 aliphatic carbocycles. The van der Waals surface area contributed by atoms with Crippen LogP contribution < -0.4 is 15.4 Å². The van der Waals surface area contributed by atoms with Crippen LogP contribution in [0.2, 0.25) is 0 Å². The van der Waals surface area contributed by atoms with E-state index < -0.39 is 17.9 Å². The van der Waals surface area contributed by atoms with Crippen LogP contribution in [-0.4, -0.2) is 41.1 Å². The average Bonchev–Trinajstić information content (AvgIpc) is 2.82. The van der Waals surface area contributed by atoms with Crippen molar-refractivity contribution in [3.63, 3.8) is 0 Å². The Bertz CT molecular complexity index is 1150. The van der Waals surface area contributed by atoms with Crippen molar-refractivity contribution in [2.24, 2.45) is 5.92 Å². The van der Waals surface area contributed by atoms with Crippen LogP contribution in [0, 0.1) is 12.8 Å². The molecule has 1 saturated carbocycles. The van der Waals surface area contributed by atoms with Gasteiger partial charge in [0, 0.05) is 28.2 Å². The number of carbonyl (C=O) groups is 2. The normalized spacial score (nSPS) is 20.4. The van der Waals surface area contributed by atoms with Crippen molar-refractivity contribution in [3.05, 3.63) is 71.4 Å². The number of para-hydroxylation sites is 1. The quantitative estimate of drug-likeness (QED) is 0.511. The molecule has 1 amide bonds. The number of fused-ring (bicyclic) bond motifs is 1. The third-order valence-electron chi connectivity index (χ3n) is 6.32. The van der Waals surface area contributed by atoms with Crippen LogP contribution in [0.15, 0.2) is 54.6 Å². The number of carboxylic acid groups (broad SMARTS) is 1. The van der Waals surface area contributed by atoms with Gasteiger partial charge in [0.2, 0.25) is 0 Å². The molecule has 3 aromatic rings. The Morgan fingerprint density at radius 2 is 1.88 bits per heavy atom. The Balaban J connectivity index is 1.43. The van der Waals surface area contributed by atoms with E-state index in [1.807, 2.05) is 37.3 Å². The van der Waals surface area contributed by atoms with Gasteiger partial charge in [0.15, 0.2) is 0 Å². The van der Waals surface area contributed by atoms with Crippen LogP contribution in [0.4, 0.5) is 0 Å². The number of likely N-dealkylation sites (N-methyl/N-ethyl adjacent to an activating group) is 1. The molecule has 7 nitrogen and oxygen atoms in total. The highest BCUT2D eigenvalue weighted by atomic mass is 16.5. The Labute approximate surface area is 193 Å². The molecule has 0 bridgehead atoms. The van der Waals surface area contributed by atoms with Crippen molar-refractivity contribution in [2.45, 2.75) is 44.9 Å². The molecule has 172 valence electrons. The molecule has 7 heteroatoms. The number of rotatable bonds is 7. The summed E-state index contributed by atoms with van der Waals surface area (Å²) in [6, 6.07) is 16.4. The van der Waals surface area contributed by atoms with E-state index in [4.69, 9.17) is 4.74 Å². The van der Waals surface area contributed by atoms with Crippen molar-refractivity contribution < 1.29 is 19.4 Å². The van der Waals surface area contributed by atoms with Gasteiger partial charge in [0.1, 0.15) is 12.4 Å². The topological polar surface area (TPSA) is 101 Å². The molecule has 3 atom stereocenters. The molecular formula is C26H29N3O4. The molecule has 3 unspecified atom stereocenters. The summed E-state index contributed by atoms with van der Waals surface area (Å²) in [5, 5.41) is 16.7. The molecule has 1 heterocycles. The predicted molar refractivity (Wildman–Crippen MR) is 126 cm³/mol. The van der Waals surface area contributed by atoms with Gasteiger partial charge in [-0.25, -0.2) is 0 Å². The number of aliphatic carboxylic acids is 1. The van der Waals surface area contributed by atoms with Gasteiger partial charge in [0.25, 0.3) is 5.91 Å². The minimum atomic E-state index is -0.872. The molecule has 0 radical (unpaired) electrons. The minimum Gasteiger partial charge on any atom is -0.489 e. The van der Waals surface area contributed by atoms with Crippen LogP contribution in [0.3, 0.4) is 0 Å². The summed E-state index contributed by atoms with van der Waals surface area (Å²) in [5.74, 6) is -1.10. The summed E-state index contributed by atoms with van der Waals surface area (Å²) in [5.41, 5.74) is 3.39. The van der Waals surface area contributed by atoms with Gasteiger partial charge in [-0.15, -0.1) is 0 Å². The number of pyridine rings is 1. The molecule has 1 aliphatic rings. The first-order valence-electron chi connectivity index (χ1n) is 11.3. The molecule has 2 aromatic carbocycles. The summed E-state index contributed by atoms with van der Waals surface area (Å²) in [4.78, 5) is 29.1. The zero-order valence-corrected chi connectivity index (χ0v) is 18.9. The molecule has 0 aliphatic heterocycles. The zero-order chi connectivity index (χ0) is 23.4. The molecule has 1 fully saturated rings. The number of nitrogens with one attached hydrogen (secondary N) is 2. The highest BCUT2D eigenvalue weighted by Gasteiger charge is 2.38. The van der Waals surface area contributed by atoms with Crippen LogP contribution in [0.1, 0.15) is 40.9 Å². The highest BCUT2D eigenvalue weighted by molar-refractivity contribution is 5.95. The fourth-order valence-electron chi connectivity index (χ4n) is 4.61. The minimum absolute atomic E-state index is 0.0648. The Hall–Kier alpha value is -3.45. The van der Waals surface area contributed by atoms with Crippen LogP contribution >= 0.6 is 0 Å². The maximum absolute atomic E-state index is 12.8. The van der Waals surface area contributed by atoms with Gasteiger partial charge in [-0.3, -0.25) is 14.6 Å². The van der Waals surface area contributed by atoms with Crippen molar-refractivity contribution in [2.75, 3.05) is 7.05 Å². The van der Waals surface area contributed by atoms with E-state index in [9.17, 15) is 14.7 Å². The predicted octanol–water partition coefficient (Wildman–Crippen LogP) is 3.69. The van der Waals surface area contributed by atoms with Crippen LogP contribution in [0.5, 0.6) is 5.75 Å². The van der Waals surface area contributed by atoms with Gasteiger partial charge < -0.3 is 20.5 Å². The number of aryl methyl sites for hydroxylation is 1. The van der Waals surface area contributed by atoms with E-state index >= 15 is 0 Å². The average molecular weight is 448 g/mol. The van der Waals surface area contributed by atoms with Gasteiger partial charge in [-0.2, -0.15) is 0 Å². The van der Waals surface area contributed by atoms with E-state index in [0.29, 0.717) is 24.3 Å². The smallest absolute Gasteiger partial charge is 0.308 e. The van der Waals surface area contributed by atoms with Crippen molar-refractivity contribution in [3.8, 4) is 5.75 Å². The number of carbonyl (C=O) groups excluding carboxylic acids is 1. The largest absolute Gasteiger partial charge is 0.489 e. The number of hydrogen-bond donors (Lipinski definition) is 3. The SMILES string of the molecule is CNC1CCCC(C(=O)O)C1NC(=O)c1ccc(OCc2cc(C)nc3ccccc23)cc1. The second kappa shape index (κ2) is 10.0.